The van der Waals surface area contributed by atoms with Crippen molar-refractivity contribution in [1.82, 2.24) is 14.5 Å². The van der Waals surface area contributed by atoms with Gasteiger partial charge in [0, 0.05) is 41.6 Å². The first kappa shape index (κ1) is 38.7. The van der Waals surface area contributed by atoms with Gasteiger partial charge in [-0.1, -0.05) is 69.2 Å². The minimum atomic E-state index is -2.12. The minimum absolute atomic E-state index is 0.00513. The van der Waals surface area contributed by atoms with Gasteiger partial charge in [0.15, 0.2) is 6.30 Å². The van der Waals surface area contributed by atoms with Gasteiger partial charge in [-0.15, -0.1) is 0 Å². The summed E-state index contributed by atoms with van der Waals surface area (Å²) in [4.78, 5) is 19.7. The van der Waals surface area contributed by atoms with Crippen molar-refractivity contribution >= 4 is 34.3 Å². The topological polar surface area (TPSA) is 62.0 Å². The molecule has 2 atom stereocenters. The van der Waals surface area contributed by atoms with E-state index < -0.39 is 18.5 Å². The standard InChI is InChI=1S/C32H35ClF2N4O.C6H12F2/c1-5-7-10-23(18-24(33)6-2)30(36)25-19-27(35)26(17-20(25)3)32(40)38-15-13-22(14-16-38)31-37-28-11-8-9-12-29(28)39(31)21(4)34;1-3-5(2)4-6(7)8/h6-12,17-19,21-22,36H,5,13-16H2,1-4H3;5-6H,3-4H2,1-2H3/b10-7-,23-18+,24-6+,36-30?;. The predicted octanol–water partition coefficient (Wildman–Crippen LogP) is 11.1. The van der Waals surface area contributed by atoms with Crippen molar-refractivity contribution in [2.24, 2.45) is 5.92 Å². The quantitative estimate of drug-likeness (QED) is 0.124. The Morgan fingerprint density at radius 3 is 2.33 bits per heavy atom. The van der Waals surface area contributed by atoms with Crippen LogP contribution in [-0.2, 0) is 0 Å². The average Bonchev–Trinajstić information content (AvgIpc) is 3.47. The van der Waals surface area contributed by atoms with Crippen LogP contribution in [0.2, 0.25) is 0 Å². The molecule has 0 spiro atoms. The fourth-order valence-corrected chi connectivity index (χ4v) is 5.78. The SMILES string of the molecule is CCC(C)CC(F)F.C\C=C(Cl)/C=C(\C=C/CC)C(=N)c1cc(F)c(C(=O)N2CCC(c3nc4ccccc4n3C(C)F)CC2)cc1C. The highest BCUT2D eigenvalue weighted by atomic mass is 35.5. The first-order chi connectivity index (χ1) is 22.8. The fourth-order valence-electron chi connectivity index (χ4n) is 5.66. The number of carbonyl (C=O) groups excluding carboxylic acids is 1. The van der Waals surface area contributed by atoms with Crippen molar-refractivity contribution in [3.8, 4) is 0 Å². The summed E-state index contributed by atoms with van der Waals surface area (Å²) < 4.78 is 54.5. The Hall–Kier alpha value is -3.72. The van der Waals surface area contributed by atoms with Crippen LogP contribution in [0.15, 0.2) is 71.3 Å². The van der Waals surface area contributed by atoms with Crippen LogP contribution in [0.3, 0.4) is 0 Å². The number of aryl methyl sites for hydroxylation is 1. The molecule has 1 aromatic heterocycles. The van der Waals surface area contributed by atoms with Crippen molar-refractivity contribution in [1.29, 1.82) is 5.41 Å². The van der Waals surface area contributed by atoms with E-state index in [1.54, 1.807) is 41.5 Å². The number of alkyl halides is 3. The molecule has 1 aliphatic rings. The Kier molecular flexibility index (Phi) is 14.6. The monoisotopic (exact) mass is 686 g/mol. The van der Waals surface area contributed by atoms with Gasteiger partial charge in [0.2, 0.25) is 6.43 Å². The summed E-state index contributed by atoms with van der Waals surface area (Å²) in [5, 5.41) is 9.21. The molecule has 1 amide bonds. The number of rotatable bonds is 11. The second kappa shape index (κ2) is 18.2. The molecule has 1 N–H and O–H groups in total. The Balaban J connectivity index is 0.000000694. The Morgan fingerprint density at radius 2 is 1.77 bits per heavy atom. The van der Waals surface area contributed by atoms with Crippen LogP contribution in [0.1, 0.15) is 106 Å². The lowest BCUT2D eigenvalue weighted by Crippen LogP contribution is -2.39. The van der Waals surface area contributed by atoms with Crippen LogP contribution >= 0.6 is 11.6 Å². The highest BCUT2D eigenvalue weighted by Gasteiger charge is 2.30. The number of piperidine rings is 1. The molecule has 1 aliphatic heterocycles. The molecule has 3 aromatic rings. The molecule has 5 nitrogen and oxygen atoms in total. The summed E-state index contributed by atoms with van der Waals surface area (Å²) in [7, 11) is 0. The second-order valence-corrected chi connectivity index (χ2v) is 12.7. The molecule has 2 unspecified atom stereocenters. The first-order valence-corrected chi connectivity index (χ1v) is 17.0. The van der Waals surface area contributed by atoms with E-state index in [-0.39, 0.29) is 35.4 Å². The van der Waals surface area contributed by atoms with E-state index in [4.69, 9.17) is 22.0 Å². The summed E-state index contributed by atoms with van der Waals surface area (Å²) in [6.07, 6.45) is 6.66. The molecule has 4 rings (SSSR count). The van der Waals surface area contributed by atoms with E-state index in [0.29, 0.717) is 53.5 Å². The average molecular weight is 687 g/mol. The largest absolute Gasteiger partial charge is 0.339 e. The molecular formula is C38H47ClF4N4O. The van der Waals surface area contributed by atoms with Gasteiger partial charge in [0.1, 0.15) is 11.6 Å². The summed E-state index contributed by atoms with van der Waals surface area (Å²) >= 11 is 6.19. The van der Waals surface area contributed by atoms with E-state index in [0.717, 1.165) is 23.9 Å². The van der Waals surface area contributed by atoms with Crippen molar-refractivity contribution in [2.45, 2.75) is 92.3 Å². The fraction of sp³-hybridized carbons (Fsp3) is 0.447. The second-order valence-electron chi connectivity index (χ2n) is 12.2. The Bertz CT molecular complexity index is 1650. The van der Waals surface area contributed by atoms with Crippen LogP contribution in [0, 0.1) is 24.1 Å². The van der Waals surface area contributed by atoms with Crippen LogP contribution in [-0.4, -0.2) is 45.6 Å². The molecule has 2 heterocycles. The van der Waals surface area contributed by atoms with E-state index in [9.17, 15) is 18.0 Å². The molecule has 1 fully saturated rings. The van der Waals surface area contributed by atoms with E-state index >= 15 is 4.39 Å². The van der Waals surface area contributed by atoms with Gasteiger partial charge >= 0.3 is 0 Å². The number of nitrogens with one attached hydrogen (secondary N) is 1. The van der Waals surface area contributed by atoms with Crippen LogP contribution in [0.25, 0.3) is 11.0 Å². The third kappa shape index (κ3) is 9.91. The lowest BCUT2D eigenvalue weighted by Gasteiger charge is -2.32. The van der Waals surface area contributed by atoms with Crippen LogP contribution < -0.4 is 0 Å². The van der Waals surface area contributed by atoms with E-state index in [2.05, 4.69) is 0 Å². The third-order valence-electron chi connectivity index (χ3n) is 8.61. The van der Waals surface area contributed by atoms with Crippen molar-refractivity contribution in [2.75, 3.05) is 13.1 Å². The van der Waals surface area contributed by atoms with Gasteiger partial charge in [-0.2, -0.15) is 0 Å². The van der Waals surface area contributed by atoms with Gasteiger partial charge in [-0.3, -0.25) is 14.8 Å². The number of amides is 1. The Labute approximate surface area is 286 Å². The van der Waals surface area contributed by atoms with E-state index in [1.807, 2.05) is 51.1 Å². The molecular weight excluding hydrogens is 640 g/mol. The zero-order valence-electron chi connectivity index (χ0n) is 28.7. The number of para-hydroxylation sites is 2. The number of carbonyl (C=O) groups is 1. The molecule has 0 saturated carbocycles. The zero-order valence-corrected chi connectivity index (χ0v) is 29.4. The van der Waals surface area contributed by atoms with E-state index in [1.165, 1.54) is 19.1 Å². The number of hydrogen-bond acceptors (Lipinski definition) is 3. The lowest BCUT2D eigenvalue weighted by atomic mass is 9.93. The van der Waals surface area contributed by atoms with Gasteiger partial charge in [-0.05, 0) is 81.9 Å². The lowest BCUT2D eigenvalue weighted by molar-refractivity contribution is 0.0703. The molecule has 2 aromatic carbocycles. The number of likely N-dealkylation sites (tertiary alicyclic amines) is 1. The number of allylic oxidation sites excluding steroid dienone is 6. The molecule has 48 heavy (non-hydrogen) atoms. The zero-order chi connectivity index (χ0) is 35.5. The number of fused-ring (bicyclic) bond motifs is 1. The van der Waals surface area contributed by atoms with Gasteiger partial charge in [0.25, 0.3) is 5.91 Å². The van der Waals surface area contributed by atoms with Gasteiger partial charge in [-0.25, -0.2) is 22.5 Å². The predicted molar refractivity (Wildman–Crippen MR) is 189 cm³/mol. The van der Waals surface area contributed by atoms with Crippen molar-refractivity contribution < 1.29 is 22.4 Å². The maximum Gasteiger partial charge on any atom is 0.256 e. The number of halogens is 5. The summed E-state index contributed by atoms with van der Waals surface area (Å²) in [5.41, 5.74) is 3.21. The first-order valence-electron chi connectivity index (χ1n) is 16.6. The highest BCUT2D eigenvalue weighted by Crippen LogP contribution is 2.33. The number of hydrogen-bond donors (Lipinski definition) is 1. The maximum absolute atomic E-state index is 15.4. The maximum atomic E-state index is 15.4. The van der Waals surface area contributed by atoms with Gasteiger partial charge < -0.3 is 4.90 Å². The summed E-state index contributed by atoms with van der Waals surface area (Å²) in [6, 6.07) is 10.3. The smallest absolute Gasteiger partial charge is 0.256 e. The molecule has 260 valence electrons. The van der Waals surface area contributed by atoms with Crippen molar-refractivity contribution in [3.05, 3.63) is 99.6 Å². The number of benzene rings is 2. The molecule has 0 aliphatic carbocycles. The molecule has 0 radical (unpaired) electrons. The number of nitrogens with zero attached hydrogens (tertiary/aromatic N) is 3. The van der Waals surface area contributed by atoms with Crippen molar-refractivity contribution in [3.63, 3.8) is 0 Å². The number of imidazole rings is 1. The molecule has 10 heteroatoms. The summed E-state index contributed by atoms with van der Waals surface area (Å²) in [5.74, 6) is -0.193. The summed E-state index contributed by atoms with van der Waals surface area (Å²) in [6.45, 7) is 11.7. The van der Waals surface area contributed by atoms with Gasteiger partial charge in [0.05, 0.1) is 22.3 Å². The van der Waals surface area contributed by atoms with Crippen LogP contribution in [0.4, 0.5) is 17.6 Å². The normalized spacial score (nSPS) is 16.0. The molecule has 1 saturated heterocycles. The molecule has 0 bridgehead atoms. The minimum Gasteiger partial charge on any atom is -0.339 e. The Morgan fingerprint density at radius 1 is 1.10 bits per heavy atom. The number of aromatic nitrogens is 2. The third-order valence-corrected chi connectivity index (χ3v) is 8.94. The highest BCUT2D eigenvalue weighted by molar-refractivity contribution is 6.32. The van der Waals surface area contributed by atoms with Crippen LogP contribution in [0.5, 0.6) is 0 Å².